The standard InChI is InChI=1S/C9H19N3/c1-4-5-7(2)8-6-11-9(10)12(8)3/h7-8H,4-6H2,1-3H3,(H2,10,11). The highest BCUT2D eigenvalue weighted by Gasteiger charge is 2.26. The van der Waals surface area contributed by atoms with Crippen LogP contribution in [-0.4, -0.2) is 30.5 Å². The van der Waals surface area contributed by atoms with E-state index in [0.717, 1.165) is 6.54 Å². The molecule has 0 saturated carbocycles. The van der Waals surface area contributed by atoms with E-state index in [2.05, 4.69) is 23.7 Å². The van der Waals surface area contributed by atoms with Gasteiger partial charge in [-0.3, -0.25) is 4.99 Å². The molecular weight excluding hydrogens is 150 g/mol. The summed E-state index contributed by atoms with van der Waals surface area (Å²) in [6.07, 6.45) is 2.50. The van der Waals surface area contributed by atoms with Gasteiger partial charge >= 0.3 is 0 Å². The van der Waals surface area contributed by atoms with Crippen LogP contribution in [-0.2, 0) is 0 Å². The van der Waals surface area contributed by atoms with Gasteiger partial charge in [0.15, 0.2) is 5.96 Å². The molecule has 2 N–H and O–H groups in total. The molecule has 0 spiro atoms. The summed E-state index contributed by atoms with van der Waals surface area (Å²) >= 11 is 0. The van der Waals surface area contributed by atoms with Crippen molar-refractivity contribution in [2.45, 2.75) is 32.7 Å². The molecule has 70 valence electrons. The zero-order valence-corrected chi connectivity index (χ0v) is 8.25. The first-order valence-electron chi connectivity index (χ1n) is 4.69. The zero-order valence-electron chi connectivity index (χ0n) is 8.25. The van der Waals surface area contributed by atoms with Gasteiger partial charge in [0.25, 0.3) is 0 Å². The van der Waals surface area contributed by atoms with Crippen molar-refractivity contribution in [1.29, 1.82) is 0 Å². The molecule has 0 radical (unpaired) electrons. The summed E-state index contributed by atoms with van der Waals surface area (Å²) in [6.45, 7) is 5.37. The van der Waals surface area contributed by atoms with Crippen molar-refractivity contribution in [1.82, 2.24) is 4.90 Å². The van der Waals surface area contributed by atoms with E-state index in [1.165, 1.54) is 12.8 Å². The van der Waals surface area contributed by atoms with Crippen molar-refractivity contribution in [3.8, 4) is 0 Å². The Bertz CT molecular complexity index is 177. The normalized spacial score (nSPS) is 25.8. The Kier molecular flexibility index (Phi) is 2.95. The monoisotopic (exact) mass is 169 g/mol. The predicted molar refractivity (Wildman–Crippen MR) is 52.1 cm³/mol. The van der Waals surface area contributed by atoms with Crippen LogP contribution in [0.3, 0.4) is 0 Å². The molecule has 1 aliphatic heterocycles. The van der Waals surface area contributed by atoms with Crippen LogP contribution in [0.1, 0.15) is 26.7 Å². The minimum absolute atomic E-state index is 0.532. The molecule has 0 aromatic carbocycles. The fourth-order valence-corrected chi connectivity index (χ4v) is 1.80. The number of aliphatic imine (C=N–C) groups is 1. The lowest BCUT2D eigenvalue weighted by Gasteiger charge is -2.26. The molecule has 0 saturated heterocycles. The average molecular weight is 169 g/mol. The minimum Gasteiger partial charge on any atom is -0.370 e. The largest absolute Gasteiger partial charge is 0.370 e. The maximum atomic E-state index is 5.68. The average Bonchev–Trinajstić information content (AvgIpc) is 2.34. The van der Waals surface area contributed by atoms with Crippen LogP contribution in [0.2, 0.25) is 0 Å². The molecule has 12 heavy (non-hydrogen) atoms. The summed E-state index contributed by atoms with van der Waals surface area (Å²) in [5.74, 6) is 1.40. The van der Waals surface area contributed by atoms with Crippen LogP contribution in [0.15, 0.2) is 4.99 Å². The third-order valence-corrected chi connectivity index (χ3v) is 2.70. The van der Waals surface area contributed by atoms with Crippen molar-refractivity contribution in [2.24, 2.45) is 16.6 Å². The van der Waals surface area contributed by atoms with Gasteiger partial charge in [-0.1, -0.05) is 20.3 Å². The van der Waals surface area contributed by atoms with Crippen molar-refractivity contribution in [2.75, 3.05) is 13.6 Å². The van der Waals surface area contributed by atoms with Gasteiger partial charge in [-0.2, -0.15) is 0 Å². The van der Waals surface area contributed by atoms with Crippen LogP contribution in [0.5, 0.6) is 0 Å². The number of hydrogen-bond donors (Lipinski definition) is 1. The first kappa shape index (κ1) is 9.36. The number of guanidine groups is 1. The van der Waals surface area contributed by atoms with Gasteiger partial charge in [0.2, 0.25) is 0 Å². The van der Waals surface area contributed by atoms with Crippen molar-refractivity contribution in [3.63, 3.8) is 0 Å². The highest BCUT2D eigenvalue weighted by atomic mass is 15.3. The van der Waals surface area contributed by atoms with Crippen molar-refractivity contribution >= 4 is 5.96 Å². The number of hydrogen-bond acceptors (Lipinski definition) is 3. The molecule has 0 amide bonds. The van der Waals surface area contributed by atoms with Crippen LogP contribution in [0, 0.1) is 5.92 Å². The van der Waals surface area contributed by atoms with Gasteiger partial charge in [-0.25, -0.2) is 0 Å². The summed E-state index contributed by atoms with van der Waals surface area (Å²) in [5, 5.41) is 0. The zero-order chi connectivity index (χ0) is 9.14. The Morgan fingerprint density at radius 1 is 1.75 bits per heavy atom. The lowest BCUT2D eigenvalue weighted by Crippen LogP contribution is -2.40. The van der Waals surface area contributed by atoms with Crippen LogP contribution >= 0.6 is 0 Å². The van der Waals surface area contributed by atoms with Crippen LogP contribution in [0.25, 0.3) is 0 Å². The Hall–Kier alpha value is -0.730. The Labute approximate surface area is 74.6 Å². The van der Waals surface area contributed by atoms with E-state index in [-0.39, 0.29) is 0 Å². The predicted octanol–water partition coefficient (Wildman–Crippen LogP) is 1.05. The minimum atomic E-state index is 0.532. The van der Waals surface area contributed by atoms with Crippen molar-refractivity contribution < 1.29 is 0 Å². The molecular formula is C9H19N3. The third kappa shape index (κ3) is 1.71. The summed E-state index contributed by atoms with van der Waals surface area (Å²) < 4.78 is 0. The fourth-order valence-electron chi connectivity index (χ4n) is 1.80. The summed E-state index contributed by atoms with van der Waals surface area (Å²) in [6, 6.07) is 0.532. The molecule has 0 aromatic rings. The Morgan fingerprint density at radius 3 is 2.83 bits per heavy atom. The van der Waals surface area contributed by atoms with Crippen molar-refractivity contribution in [3.05, 3.63) is 0 Å². The molecule has 0 aliphatic carbocycles. The molecule has 2 atom stereocenters. The number of nitrogens with two attached hydrogens (primary N) is 1. The molecule has 3 heteroatoms. The fraction of sp³-hybridized carbons (Fsp3) is 0.889. The quantitative estimate of drug-likeness (QED) is 0.686. The first-order valence-corrected chi connectivity index (χ1v) is 4.69. The van der Waals surface area contributed by atoms with Crippen LogP contribution in [0.4, 0.5) is 0 Å². The number of likely N-dealkylation sites (N-methyl/N-ethyl adjacent to an activating group) is 1. The second-order valence-corrected chi connectivity index (χ2v) is 3.64. The van der Waals surface area contributed by atoms with Gasteiger partial charge in [0, 0.05) is 7.05 Å². The molecule has 1 rings (SSSR count). The van der Waals surface area contributed by atoms with E-state index in [0.29, 0.717) is 17.9 Å². The Morgan fingerprint density at radius 2 is 2.42 bits per heavy atom. The molecule has 0 aromatic heterocycles. The molecule has 0 bridgehead atoms. The maximum Gasteiger partial charge on any atom is 0.191 e. The van der Waals surface area contributed by atoms with E-state index in [1.807, 2.05) is 7.05 Å². The van der Waals surface area contributed by atoms with Gasteiger partial charge in [-0.05, 0) is 12.3 Å². The second-order valence-electron chi connectivity index (χ2n) is 3.64. The number of rotatable bonds is 3. The maximum absolute atomic E-state index is 5.68. The number of nitrogens with zero attached hydrogens (tertiary/aromatic N) is 2. The van der Waals surface area contributed by atoms with Gasteiger partial charge in [-0.15, -0.1) is 0 Å². The van der Waals surface area contributed by atoms with Gasteiger partial charge < -0.3 is 10.6 Å². The summed E-state index contributed by atoms with van der Waals surface area (Å²) in [5.41, 5.74) is 5.68. The summed E-state index contributed by atoms with van der Waals surface area (Å²) in [7, 11) is 2.03. The molecule has 0 fully saturated rings. The SMILES string of the molecule is CCCC(C)C1CN=C(N)N1C. The highest BCUT2D eigenvalue weighted by Crippen LogP contribution is 2.18. The van der Waals surface area contributed by atoms with Gasteiger partial charge in [0.1, 0.15) is 0 Å². The second kappa shape index (κ2) is 3.78. The molecule has 2 unspecified atom stereocenters. The highest BCUT2D eigenvalue weighted by molar-refractivity contribution is 5.79. The van der Waals surface area contributed by atoms with E-state index in [1.54, 1.807) is 0 Å². The van der Waals surface area contributed by atoms with Gasteiger partial charge in [0.05, 0.1) is 12.6 Å². The van der Waals surface area contributed by atoms with E-state index in [9.17, 15) is 0 Å². The topological polar surface area (TPSA) is 41.6 Å². The lowest BCUT2D eigenvalue weighted by molar-refractivity contribution is 0.285. The molecule has 1 heterocycles. The Balaban J connectivity index is 2.45. The van der Waals surface area contributed by atoms with E-state index < -0.39 is 0 Å². The molecule has 3 nitrogen and oxygen atoms in total. The smallest absolute Gasteiger partial charge is 0.191 e. The summed E-state index contributed by atoms with van der Waals surface area (Å²) in [4.78, 5) is 6.32. The van der Waals surface area contributed by atoms with E-state index in [4.69, 9.17) is 5.73 Å². The molecule has 1 aliphatic rings. The van der Waals surface area contributed by atoms with Crippen LogP contribution < -0.4 is 5.73 Å². The van der Waals surface area contributed by atoms with E-state index >= 15 is 0 Å². The lowest BCUT2D eigenvalue weighted by atomic mass is 9.97. The first-order chi connectivity index (χ1) is 5.66. The third-order valence-electron chi connectivity index (χ3n) is 2.70.